The number of amides is 1. The Balaban J connectivity index is 1.33. The first kappa shape index (κ1) is 17.2. The molecule has 3 heterocycles. The Bertz CT molecular complexity index is 1000. The molecule has 0 saturated carbocycles. The average Bonchev–Trinajstić information content (AvgIpc) is 3.17. The number of piperidine rings is 1. The first-order chi connectivity index (χ1) is 13.7. The number of nitrogen functional groups attached to an aromatic ring is 1. The van der Waals surface area contributed by atoms with Crippen LogP contribution in [-0.4, -0.2) is 38.8 Å². The summed E-state index contributed by atoms with van der Waals surface area (Å²) in [4.78, 5) is 28.3. The first-order valence-corrected chi connectivity index (χ1v) is 9.99. The highest BCUT2D eigenvalue weighted by Crippen LogP contribution is 2.31. The largest absolute Gasteiger partial charge is 0.440 e. The van der Waals surface area contributed by atoms with Crippen LogP contribution in [0.3, 0.4) is 0 Å². The summed E-state index contributed by atoms with van der Waals surface area (Å²) in [5.74, 6) is 1.19. The summed E-state index contributed by atoms with van der Waals surface area (Å²) in [5.41, 5.74) is 10.0. The summed E-state index contributed by atoms with van der Waals surface area (Å²) in [6.45, 7) is 1.34. The lowest BCUT2D eigenvalue weighted by molar-refractivity contribution is 0.0699. The number of rotatable bonds is 2. The van der Waals surface area contributed by atoms with Gasteiger partial charge in [-0.15, -0.1) is 0 Å². The van der Waals surface area contributed by atoms with Crippen LogP contribution >= 0.6 is 0 Å². The number of para-hydroxylation sites is 2. The molecule has 28 heavy (non-hydrogen) atoms. The van der Waals surface area contributed by atoms with Crippen LogP contribution in [0, 0.1) is 0 Å². The number of anilines is 1. The molecule has 0 radical (unpaired) electrons. The number of carbonyl (C=O) groups is 1. The molecule has 5 rings (SSSR count). The van der Waals surface area contributed by atoms with Gasteiger partial charge < -0.3 is 15.1 Å². The second-order valence-electron chi connectivity index (χ2n) is 7.65. The van der Waals surface area contributed by atoms with E-state index >= 15 is 0 Å². The van der Waals surface area contributed by atoms with E-state index in [-0.39, 0.29) is 17.8 Å². The molecule has 2 aromatic heterocycles. The number of fused-ring (bicyclic) bond motifs is 2. The summed E-state index contributed by atoms with van der Waals surface area (Å²) in [6, 6.07) is 7.81. The summed E-state index contributed by atoms with van der Waals surface area (Å²) >= 11 is 0. The van der Waals surface area contributed by atoms with Crippen LogP contribution in [0.2, 0.25) is 0 Å². The lowest BCUT2D eigenvalue weighted by Gasteiger charge is -2.31. The number of likely N-dealkylation sites (tertiary alicyclic amines) is 1. The van der Waals surface area contributed by atoms with E-state index < -0.39 is 0 Å². The van der Waals surface area contributed by atoms with Crippen LogP contribution in [-0.2, 0) is 12.8 Å². The fraction of sp³-hybridized carbons (Fsp3) is 0.429. The molecule has 1 aromatic carbocycles. The van der Waals surface area contributed by atoms with Crippen LogP contribution in [0.25, 0.3) is 11.1 Å². The number of aromatic nitrogens is 3. The van der Waals surface area contributed by atoms with Gasteiger partial charge in [0.05, 0.1) is 0 Å². The third kappa shape index (κ3) is 3.00. The Kier molecular flexibility index (Phi) is 4.22. The van der Waals surface area contributed by atoms with Crippen molar-refractivity contribution in [2.75, 3.05) is 18.8 Å². The molecular weight excluding hydrogens is 354 g/mol. The van der Waals surface area contributed by atoms with Crippen LogP contribution in [0.4, 0.5) is 5.95 Å². The Morgan fingerprint density at radius 2 is 1.86 bits per heavy atom. The highest BCUT2D eigenvalue weighted by molar-refractivity contribution is 5.94. The van der Waals surface area contributed by atoms with Crippen molar-refractivity contribution in [1.29, 1.82) is 0 Å². The molecule has 0 spiro atoms. The number of hydrogen-bond acceptors (Lipinski definition) is 6. The predicted octanol–water partition coefficient (Wildman–Crippen LogP) is 3.10. The third-order valence-corrected chi connectivity index (χ3v) is 5.84. The minimum atomic E-state index is -0.0248. The first-order valence-electron chi connectivity index (χ1n) is 9.99. The number of benzene rings is 1. The molecule has 3 aromatic rings. The zero-order chi connectivity index (χ0) is 19.1. The van der Waals surface area contributed by atoms with Gasteiger partial charge in [-0.3, -0.25) is 4.79 Å². The monoisotopic (exact) mass is 377 g/mol. The molecule has 2 N–H and O–H groups in total. The Morgan fingerprint density at radius 1 is 1.07 bits per heavy atom. The molecule has 1 amide bonds. The van der Waals surface area contributed by atoms with E-state index in [0.717, 1.165) is 66.8 Å². The van der Waals surface area contributed by atoms with E-state index in [2.05, 4.69) is 15.0 Å². The molecule has 1 fully saturated rings. The number of nitrogens with zero attached hydrogens (tertiary/aromatic N) is 4. The normalized spacial score (nSPS) is 17.6. The predicted molar refractivity (Wildman–Crippen MR) is 105 cm³/mol. The number of nitrogens with two attached hydrogens (primary N) is 1. The van der Waals surface area contributed by atoms with Gasteiger partial charge in [0.25, 0.3) is 5.91 Å². The van der Waals surface area contributed by atoms with E-state index in [9.17, 15) is 4.79 Å². The molecule has 1 saturated heterocycles. The van der Waals surface area contributed by atoms with Crippen molar-refractivity contribution in [3.05, 3.63) is 47.1 Å². The zero-order valence-electron chi connectivity index (χ0n) is 15.7. The van der Waals surface area contributed by atoms with E-state index in [1.54, 1.807) is 0 Å². The number of hydrogen-bond donors (Lipinski definition) is 1. The lowest BCUT2D eigenvalue weighted by Crippen LogP contribution is -2.39. The van der Waals surface area contributed by atoms with Crippen molar-refractivity contribution in [2.24, 2.45) is 0 Å². The molecule has 0 unspecified atom stereocenters. The van der Waals surface area contributed by atoms with Gasteiger partial charge in [-0.1, -0.05) is 12.1 Å². The molecule has 0 bridgehead atoms. The van der Waals surface area contributed by atoms with Crippen molar-refractivity contribution in [3.8, 4) is 0 Å². The van der Waals surface area contributed by atoms with Crippen molar-refractivity contribution in [2.45, 2.75) is 44.4 Å². The maximum Gasteiger partial charge on any atom is 0.272 e. The van der Waals surface area contributed by atoms with E-state index in [4.69, 9.17) is 10.2 Å². The smallest absolute Gasteiger partial charge is 0.272 e. The van der Waals surface area contributed by atoms with Gasteiger partial charge >= 0.3 is 0 Å². The second-order valence-corrected chi connectivity index (χ2v) is 7.65. The summed E-state index contributed by atoms with van der Waals surface area (Å²) < 4.78 is 5.93. The van der Waals surface area contributed by atoms with Crippen molar-refractivity contribution in [1.82, 2.24) is 19.9 Å². The van der Waals surface area contributed by atoms with Crippen LogP contribution in [0.1, 0.15) is 59.2 Å². The fourth-order valence-electron chi connectivity index (χ4n) is 4.33. The Hall–Kier alpha value is -2.96. The van der Waals surface area contributed by atoms with Gasteiger partial charge in [0.15, 0.2) is 11.5 Å². The second kappa shape index (κ2) is 6.89. The number of oxazole rings is 1. The molecule has 0 atom stereocenters. The van der Waals surface area contributed by atoms with Gasteiger partial charge in [-0.05, 0) is 50.7 Å². The maximum atomic E-state index is 13.1. The quantitative estimate of drug-likeness (QED) is 0.737. The number of carbonyl (C=O) groups excluding carboxylic acids is 1. The van der Waals surface area contributed by atoms with Gasteiger partial charge in [0.1, 0.15) is 11.2 Å². The van der Waals surface area contributed by atoms with Gasteiger partial charge in [-0.25, -0.2) is 15.0 Å². The molecule has 1 aliphatic heterocycles. The molecule has 144 valence electrons. The summed E-state index contributed by atoms with van der Waals surface area (Å²) in [6.07, 6.45) is 5.56. The topological polar surface area (TPSA) is 98.1 Å². The van der Waals surface area contributed by atoms with Gasteiger partial charge in [-0.2, -0.15) is 0 Å². The molecular formula is C21H23N5O2. The maximum absolute atomic E-state index is 13.1. The summed E-state index contributed by atoms with van der Waals surface area (Å²) in [7, 11) is 0. The van der Waals surface area contributed by atoms with Crippen molar-refractivity contribution >= 4 is 23.0 Å². The zero-order valence-corrected chi connectivity index (χ0v) is 15.7. The highest BCUT2D eigenvalue weighted by atomic mass is 16.3. The fourth-order valence-corrected chi connectivity index (χ4v) is 4.33. The van der Waals surface area contributed by atoms with Crippen molar-refractivity contribution < 1.29 is 9.21 Å². The Morgan fingerprint density at radius 3 is 2.68 bits per heavy atom. The SMILES string of the molecule is Nc1nc2c(c(C(=O)N3CCC(c4nc5ccccc5o4)CC3)n1)CCCC2. The molecule has 1 aliphatic carbocycles. The molecule has 7 nitrogen and oxygen atoms in total. The molecule has 2 aliphatic rings. The van der Waals surface area contributed by atoms with E-state index in [1.807, 2.05) is 29.2 Å². The van der Waals surface area contributed by atoms with Crippen LogP contribution in [0.5, 0.6) is 0 Å². The van der Waals surface area contributed by atoms with E-state index in [0.29, 0.717) is 18.8 Å². The lowest BCUT2D eigenvalue weighted by atomic mass is 9.93. The number of aryl methyl sites for hydroxylation is 1. The minimum Gasteiger partial charge on any atom is -0.440 e. The Labute approximate surface area is 163 Å². The molecule has 7 heteroatoms. The average molecular weight is 377 g/mol. The third-order valence-electron chi connectivity index (χ3n) is 5.84. The van der Waals surface area contributed by atoms with Crippen molar-refractivity contribution in [3.63, 3.8) is 0 Å². The van der Waals surface area contributed by atoms with Gasteiger partial charge in [0.2, 0.25) is 5.95 Å². The van der Waals surface area contributed by atoms with Crippen LogP contribution < -0.4 is 5.73 Å². The standard InChI is InChI=1S/C21H23N5O2/c22-21-24-15-6-2-1-5-14(15)18(25-21)20(27)26-11-9-13(10-12-26)19-23-16-7-3-4-8-17(16)28-19/h3-4,7-8,13H,1-2,5-6,9-12H2,(H2,22,24,25). The minimum absolute atomic E-state index is 0.0248. The van der Waals surface area contributed by atoms with Crippen LogP contribution in [0.15, 0.2) is 28.7 Å². The van der Waals surface area contributed by atoms with Gasteiger partial charge in [0, 0.05) is 30.3 Å². The van der Waals surface area contributed by atoms with E-state index in [1.165, 1.54) is 0 Å². The highest BCUT2D eigenvalue weighted by Gasteiger charge is 2.30. The summed E-state index contributed by atoms with van der Waals surface area (Å²) in [5, 5.41) is 0.